The van der Waals surface area contributed by atoms with Gasteiger partial charge in [-0.2, -0.15) is 4.31 Å². The summed E-state index contributed by atoms with van der Waals surface area (Å²) in [6, 6.07) is 13.9. The summed E-state index contributed by atoms with van der Waals surface area (Å²) in [7, 11) is -3.66. The summed E-state index contributed by atoms with van der Waals surface area (Å²) in [6.07, 6.45) is 0.281. The van der Waals surface area contributed by atoms with E-state index in [0.717, 1.165) is 11.3 Å². The topological polar surface area (TPSA) is 66.9 Å². The van der Waals surface area contributed by atoms with Crippen LogP contribution in [0.4, 0.5) is 0 Å². The lowest BCUT2D eigenvalue weighted by Crippen LogP contribution is -2.50. The van der Waals surface area contributed by atoms with Crippen molar-refractivity contribution >= 4 is 27.5 Å². The molecule has 0 atom stereocenters. The van der Waals surface area contributed by atoms with E-state index in [1.807, 2.05) is 31.2 Å². The average molecular weight is 423 g/mol. The van der Waals surface area contributed by atoms with Crippen LogP contribution in [0.3, 0.4) is 0 Å². The Balaban J connectivity index is 1.59. The predicted octanol–water partition coefficient (Wildman–Crippen LogP) is 2.81. The van der Waals surface area contributed by atoms with E-state index in [9.17, 15) is 13.2 Å². The Morgan fingerprint density at radius 3 is 2.29 bits per heavy atom. The molecule has 1 amide bonds. The highest BCUT2D eigenvalue weighted by Gasteiger charge is 2.31. The van der Waals surface area contributed by atoms with Gasteiger partial charge < -0.3 is 9.64 Å². The highest BCUT2D eigenvalue weighted by Crippen LogP contribution is 2.25. The normalized spacial score (nSPS) is 15.4. The van der Waals surface area contributed by atoms with Gasteiger partial charge in [0.05, 0.1) is 18.1 Å². The maximum absolute atomic E-state index is 12.8. The fourth-order valence-corrected chi connectivity index (χ4v) is 5.04. The lowest BCUT2D eigenvalue weighted by molar-refractivity contribution is -0.131. The van der Waals surface area contributed by atoms with Gasteiger partial charge in [-0.1, -0.05) is 35.9 Å². The number of piperazine rings is 1. The van der Waals surface area contributed by atoms with E-state index in [2.05, 4.69) is 0 Å². The molecule has 2 aromatic carbocycles. The molecule has 1 saturated heterocycles. The van der Waals surface area contributed by atoms with Gasteiger partial charge in [-0.05, 0) is 36.8 Å². The third-order valence-electron chi connectivity index (χ3n) is 4.64. The molecule has 150 valence electrons. The van der Waals surface area contributed by atoms with Crippen molar-refractivity contribution in [1.82, 2.24) is 9.21 Å². The van der Waals surface area contributed by atoms with Crippen LogP contribution in [-0.2, 0) is 21.2 Å². The molecule has 0 radical (unpaired) electrons. The van der Waals surface area contributed by atoms with Crippen LogP contribution in [0.25, 0.3) is 0 Å². The van der Waals surface area contributed by atoms with E-state index in [-0.39, 0.29) is 35.3 Å². The number of hydrogen-bond acceptors (Lipinski definition) is 4. The molecule has 1 aliphatic rings. The number of hydrogen-bond donors (Lipinski definition) is 0. The first-order chi connectivity index (χ1) is 13.4. The smallest absolute Gasteiger partial charge is 0.244 e. The SMILES string of the molecule is CCOc1ccc(CC(=O)N2CCN(S(=O)(=O)c3ccccc3Cl)CC2)cc1. The van der Waals surface area contributed by atoms with Crippen molar-refractivity contribution in [2.24, 2.45) is 0 Å². The van der Waals surface area contributed by atoms with Gasteiger partial charge >= 0.3 is 0 Å². The Kier molecular flexibility index (Phi) is 6.59. The Labute approximate surface area is 170 Å². The molecule has 28 heavy (non-hydrogen) atoms. The van der Waals surface area contributed by atoms with Crippen LogP contribution in [0.2, 0.25) is 5.02 Å². The summed E-state index contributed by atoms with van der Waals surface area (Å²) in [6.45, 7) is 3.74. The molecule has 0 aliphatic carbocycles. The first-order valence-corrected chi connectivity index (χ1v) is 11.0. The third-order valence-corrected chi connectivity index (χ3v) is 7.03. The molecule has 1 aliphatic heterocycles. The zero-order chi connectivity index (χ0) is 20.1. The van der Waals surface area contributed by atoms with Crippen molar-refractivity contribution in [3.63, 3.8) is 0 Å². The number of benzene rings is 2. The van der Waals surface area contributed by atoms with Crippen molar-refractivity contribution < 1.29 is 17.9 Å². The maximum Gasteiger partial charge on any atom is 0.244 e. The maximum atomic E-state index is 12.8. The van der Waals surface area contributed by atoms with E-state index in [1.54, 1.807) is 23.1 Å². The standard InChI is InChI=1S/C20H23ClN2O4S/c1-2-27-17-9-7-16(8-10-17)15-20(24)22-11-13-23(14-12-22)28(25,26)19-6-4-3-5-18(19)21/h3-10H,2,11-15H2,1H3. The minimum atomic E-state index is -3.66. The number of amides is 1. The lowest BCUT2D eigenvalue weighted by Gasteiger charge is -2.34. The van der Waals surface area contributed by atoms with Crippen LogP contribution < -0.4 is 4.74 Å². The van der Waals surface area contributed by atoms with Crippen LogP contribution >= 0.6 is 11.6 Å². The van der Waals surface area contributed by atoms with Crippen molar-refractivity contribution in [3.8, 4) is 5.75 Å². The molecular weight excluding hydrogens is 400 g/mol. The van der Waals surface area contributed by atoms with Gasteiger partial charge in [0.1, 0.15) is 10.6 Å². The van der Waals surface area contributed by atoms with Crippen LogP contribution in [0.5, 0.6) is 5.75 Å². The molecule has 0 N–H and O–H groups in total. The van der Waals surface area contributed by atoms with E-state index in [4.69, 9.17) is 16.3 Å². The summed E-state index contributed by atoms with van der Waals surface area (Å²) < 4.78 is 32.4. The molecule has 1 fully saturated rings. The second kappa shape index (κ2) is 8.94. The Bertz CT molecular complexity index is 923. The molecule has 0 unspecified atom stereocenters. The van der Waals surface area contributed by atoms with Crippen LogP contribution in [-0.4, -0.2) is 56.3 Å². The molecular formula is C20H23ClN2O4S. The van der Waals surface area contributed by atoms with Crippen molar-refractivity contribution in [2.75, 3.05) is 32.8 Å². The zero-order valence-electron chi connectivity index (χ0n) is 15.7. The molecule has 3 rings (SSSR count). The number of nitrogens with zero attached hydrogens (tertiary/aromatic N) is 2. The molecule has 2 aromatic rings. The molecule has 0 spiro atoms. The van der Waals surface area contributed by atoms with Crippen molar-refractivity contribution in [1.29, 1.82) is 0 Å². The number of carbonyl (C=O) groups is 1. The van der Waals surface area contributed by atoms with Crippen LogP contribution in [0.15, 0.2) is 53.4 Å². The number of halogens is 1. The van der Waals surface area contributed by atoms with Crippen molar-refractivity contribution in [2.45, 2.75) is 18.2 Å². The summed E-state index contributed by atoms with van der Waals surface area (Å²) in [4.78, 5) is 14.4. The van der Waals surface area contributed by atoms with Gasteiger partial charge in [0.2, 0.25) is 15.9 Å². The molecule has 0 saturated carbocycles. The van der Waals surface area contributed by atoms with Gasteiger partial charge in [0, 0.05) is 26.2 Å². The van der Waals surface area contributed by atoms with E-state index in [0.29, 0.717) is 19.7 Å². The number of carbonyl (C=O) groups excluding carboxylic acids is 1. The van der Waals surface area contributed by atoms with E-state index < -0.39 is 10.0 Å². The van der Waals surface area contributed by atoms with Gasteiger partial charge in [0.15, 0.2) is 0 Å². The third kappa shape index (κ3) is 4.66. The summed E-state index contributed by atoms with van der Waals surface area (Å²) in [5.74, 6) is 0.760. The first-order valence-electron chi connectivity index (χ1n) is 9.16. The number of sulfonamides is 1. The second-order valence-electron chi connectivity index (χ2n) is 6.47. The fraction of sp³-hybridized carbons (Fsp3) is 0.350. The number of ether oxygens (including phenoxy) is 1. The monoisotopic (exact) mass is 422 g/mol. The average Bonchev–Trinajstić information content (AvgIpc) is 2.70. The van der Waals surface area contributed by atoms with Crippen molar-refractivity contribution in [3.05, 3.63) is 59.1 Å². The minimum Gasteiger partial charge on any atom is -0.494 e. The first kappa shape index (κ1) is 20.6. The molecule has 8 heteroatoms. The van der Waals surface area contributed by atoms with Crippen LogP contribution in [0.1, 0.15) is 12.5 Å². The van der Waals surface area contributed by atoms with Gasteiger partial charge in [0.25, 0.3) is 0 Å². The summed E-state index contributed by atoms with van der Waals surface area (Å²) in [5.41, 5.74) is 0.902. The Hall–Kier alpha value is -2.09. The summed E-state index contributed by atoms with van der Waals surface area (Å²) >= 11 is 6.05. The van der Waals surface area contributed by atoms with E-state index >= 15 is 0 Å². The van der Waals surface area contributed by atoms with Gasteiger partial charge in [-0.3, -0.25) is 4.79 Å². The largest absolute Gasteiger partial charge is 0.494 e. The molecule has 0 bridgehead atoms. The Morgan fingerprint density at radius 2 is 1.68 bits per heavy atom. The Morgan fingerprint density at radius 1 is 1.04 bits per heavy atom. The number of rotatable bonds is 6. The summed E-state index contributed by atoms with van der Waals surface area (Å²) in [5, 5.41) is 0.205. The van der Waals surface area contributed by atoms with E-state index in [1.165, 1.54) is 10.4 Å². The lowest BCUT2D eigenvalue weighted by atomic mass is 10.1. The predicted molar refractivity (Wildman–Crippen MR) is 108 cm³/mol. The molecule has 0 aromatic heterocycles. The minimum absolute atomic E-state index is 0.0149. The fourth-order valence-electron chi connectivity index (χ4n) is 3.13. The molecule has 6 nitrogen and oxygen atoms in total. The van der Waals surface area contributed by atoms with Gasteiger partial charge in [-0.15, -0.1) is 0 Å². The zero-order valence-corrected chi connectivity index (χ0v) is 17.2. The highest BCUT2D eigenvalue weighted by molar-refractivity contribution is 7.89. The molecule has 1 heterocycles. The highest BCUT2D eigenvalue weighted by atomic mass is 35.5. The van der Waals surface area contributed by atoms with Crippen LogP contribution in [0, 0.1) is 0 Å². The second-order valence-corrected chi connectivity index (χ2v) is 8.78. The van der Waals surface area contributed by atoms with Gasteiger partial charge in [-0.25, -0.2) is 8.42 Å². The quantitative estimate of drug-likeness (QED) is 0.717.